The average molecular weight is 243 g/mol. The second kappa shape index (κ2) is 7.11. The van der Waals surface area contributed by atoms with Crippen LogP contribution in [0.2, 0.25) is 0 Å². The van der Waals surface area contributed by atoms with Crippen LogP contribution in [0.4, 0.5) is 0 Å². The molecule has 0 spiro atoms. The molecule has 3 N–H and O–H groups in total. The lowest BCUT2D eigenvalue weighted by Gasteiger charge is -2.26. The highest BCUT2D eigenvalue weighted by Gasteiger charge is 2.21. The molecule has 1 unspecified atom stereocenters. The molecule has 0 aromatic rings. The molecule has 98 valence electrons. The maximum atomic E-state index is 11.9. The van der Waals surface area contributed by atoms with Crippen LogP contribution in [0, 0.1) is 0 Å². The van der Waals surface area contributed by atoms with Crippen LogP contribution in [0.25, 0.3) is 0 Å². The second-order valence-electron chi connectivity index (χ2n) is 4.19. The summed E-state index contributed by atoms with van der Waals surface area (Å²) in [6.07, 6.45) is 3.54. The Bertz CT molecular complexity index is 275. The summed E-state index contributed by atoms with van der Waals surface area (Å²) in [4.78, 5) is 13.5. The van der Waals surface area contributed by atoms with E-state index in [9.17, 15) is 4.79 Å². The van der Waals surface area contributed by atoms with Crippen LogP contribution in [0.15, 0.2) is 5.16 Å². The minimum absolute atomic E-state index is 0.00833. The average Bonchev–Trinajstić information content (AvgIpc) is 2.36. The number of amidine groups is 1. The number of nitrogens with two attached hydrogens (primary N) is 1. The third kappa shape index (κ3) is 4.60. The van der Waals surface area contributed by atoms with Crippen molar-refractivity contribution in [2.24, 2.45) is 10.9 Å². The van der Waals surface area contributed by atoms with Gasteiger partial charge in [-0.3, -0.25) is 4.79 Å². The van der Waals surface area contributed by atoms with Crippen molar-refractivity contribution in [3.8, 4) is 0 Å². The number of ether oxygens (including phenoxy) is 1. The molecule has 6 heteroatoms. The fraction of sp³-hybridized carbons (Fsp3) is 0.818. The highest BCUT2D eigenvalue weighted by molar-refractivity contribution is 5.87. The fourth-order valence-corrected chi connectivity index (χ4v) is 1.90. The van der Waals surface area contributed by atoms with E-state index in [1.807, 2.05) is 6.92 Å². The van der Waals surface area contributed by atoms with E-state index in [-0.39, 0.29) is 24.4 Å². The zero-order chi connectivity index (χ0) is 12.7. The second-order valence-corrected chi connectivity index (χ2v) is 4.19. The summed E-state index contributed by atoms with van der Waals surface area (Å²) in [5.41, 5.74) is 5.40. The molecule has 1 amide bonds. The zero-order valence-corrected chi connectivity index (χ0v) is 10.3. The Kier molecular flexibility index (Phi) is 5.76. The number of carbonyl (C=O) groups excluding carboxylic acids is 1. The van der Waals surface area contributed by atoms with Gasteiger partial charge < -0.3 is 20.6 Å². The highest BCUT2D eigenvalue weighted by Crippen LogP contribution is 2.16. The Labute approximate surface area is 101 Å². The third-order valence-electron chi connectivity index (χ3n) is 2.89. The maximum Gasteiger partial charge on any atom is 0.225 e. The molecular formula is C11H21N3O3. The summed E-state index contributed by atoms with van der Waals surface area (Å²) in [6, 6.07) is 0. The van der Waals surface area contributed by atoms with Crippen molar-refractivity contribution >= 4 is 11.7 Å². The van der Waals surface area contributed by atoms with Crippen LogP contribution in [0.1, 0.15) is 32.6 Å². The van der Waals surface area contributed by atoms with E-state index in [2.05, 4.69) is 5.16 Å². The summed E-state index contributed by atoms with van der Waals surface area (Å²) >= 11 is 0. The molecule has 1 atom stereocenters. The number of carbonyl (C=O) groups is 1. The number of oxime groups is 1. The quantitative estimate of drug-likeness (QED) is 0.319. The van der Waals surface area contributed by atoms with E-state index in [1.165, 1.54) is 0 Å². The molecule has 1 aliphatic rings. The molecule has 0 radical (unpaired) electrons. The molecule has 1 heterocycles. The number of likely N-dealkylation sites (N-methyl/N-ethyl adjacent to an activating group) is 1. The van der Waals surface area contributed by atoms with Gasteiger partial charge in [-0.2, -0.15) is 0 Å². The Balaban J connectivity index is 2.42. The van der Waals surface area contributed by atoms with Crippen LogP contribution >= 0.6 is 0 Å². The van der Waals surface area contributed by atoms with Crippen molar-refractivity contribution < 1.29 is 14.7 Å². The van der Waals surface area contributed by atoms with Gasteiger partial charge in [0.25, 0.3) is 0 Å². The fourth-order valence-electron chi connectivity index (χ4n) is 1.90. The number of hydrogen-bond acceptors (Lipinski definition) is 4. The van der Waals surface area contributed by atoms with Crippen LogP contribution < -0.4 is 5.73 Å². The van der Waals surface area contributed by atoms with Crippen LogP contribution in [-0.4, -0.2) is 47.7 Å². The first-order valence-corrected chi connectivity index (χ1v) is 6.03. The van der Waals surface area contributed by atoms with Gasteiger partial charge in [-0.1, -0.05) is 5.16 Å². The minimum Gasteiger partial charge on any atom is -0.409 e. The third-order valence-corrected chi connectivity index (χ3v) is 2.89. The number of hydrogen-bond donors (Lipinski definition) is 2. The summed E-state index contributed by atoms with van der Waals surface area (Å²) < 4.78 is 5.52. The summed E-state index contributed by atoms with van der Waals surface area (Å²) in [5.74, 6) is 0.0377. The van der Waals surface area contributed by atoms with E-state index >= 15 is 0 Å². The SMILES string of the molecule is CCN(CC(N)=NO)C(=O)CC1CCCCO1. The van der Waals surface area contributed by atoms with Gasteiger partial charge in [-0.05, 0) is 26.2 Å². The highest BCUT2D eigenvalue weighted by atomic mass is 16.5. The first-order chi connectivity index (χ1) is 8.17. The molecule has 1 aliphatic heterocycles. The van der Waals surface area contributed by atoms with Crippen molar-refractivity contribution in [2.75, 3.05) is 19.7 Å². The van der Waals surface area contributed by atoms with Gasteiger partial charge >= 0.3 is 0 Å². The summed E-state index contributed by atoms with van der Waals surface area (Å²) in [6.45, 7) is 3.31. The molecule has 0 aromatic carbocycles. The molecular weight excluding hydrogens is 222 g/mol. The molecule has 0 saturated carbocycles. The van der Waals surface area contributed by atoms with Crippen LogP contribution in [0.5, 0.6) is 0 Å². The van der Waals surface area contributed by atoms with Crippen molar-refractivity contribution in [1.82, 2.24) is 4.90 Å². The standard InChI is InChI=1S/C11H21N3O3/c1-2-14(8-10(12)13-16)11(15)7-9-5-3-4-6-17-9/h9,16H,2-8H2,1H3,(H2,12,13). The van der Waals surface area contributed by atoms with E-state index in [4.69, 9.17) is 15.7 Å². The van der Waals surface area contributed by atoms with E-state index in [1.54, 1.807) is 4.90 Å². The van der Waals surface area contributed by atoms with E-state index < -0.39 is 0 Å². The molecule has 1 rings (SSSR count). The Hall–Kier alpha value is -1.30. The number of nitrogens with zero attached hydrogens (tertiary/aromatic N) is 2. The van der Waals surface area contributed by atoms with Gasteiger partial charge in [-0.25, -0.2) is 0 Å². The monoisotopic (exact) mass is 243 g/mol. The zero-order valence-electron chi connectivity index (χ0n) is 10.3. The molecule has 0 bridgehead atoms. The van der Waals surface area contributed by atoms with Crippen molar-refractivity contribution in [3.05, 3.63) is 0 Å². The van der Waals surface area contributed by atoms with Gasteiger partial charge in [-0.15, -0.1) is 0 Å². The van der Waals surface area contributed by atoms with Crippen molar-refractivity contribution in [1.29, 1.82) is 0 Å². The van der Waals surface area contributed by atoms with E-state index in [0.717, 1.165) is 25.9 Å². The Morgan fingerprint density at radius 2 is 2.35 bits per heavy atom. The van der Waals surface area contributed by atoms with Gasteiger partial charge in [0.1, 0.15) is 0 Å². The lowest BCUT2D eigenvalue weighted by Crippen LogP contribution is -2.40. The lowest BCUT2D eigenvalue weighted by molar-refractivity contribution is -0.134. The molecule has 0 aliphatic carbocycles. The van der Waals surface area contributed by atoms with Crippen molar-refractivity contribution in [2.45, 2.75) is 38.7 Å². The summed E-state index contributed by atoms with van der Waals surface area (Å²) in [5, 5.41) is 11.4. The molecule has 1 saturated heterocycles. The normalized spacial score (nSPS) is 21.2. The maximum absolute atomic E-state index is 11.9. The van der Waals surface area contributed by atoms with Crippen molar-refractivity contribution in [3.63, 3.8) is 0 Å². The lowest BCUT2D eigenvalue weighted by atomic mass is 10.1. The molecule has 6 nitrogen and oxygen atoms in total. The smallest absolute Gasteiger partial charge is 0.225 e. The Morgan fingerprint density at radius 1 is 1.59 bits per heavy atom. The molecule has 1 fully saturated rings. The van der Waals surface area contributed by atoms with E-state index in [0.29, 0.717) is 13.0 Å². The first kappa shape index (κ1) is 13.8. The molecule has 0 aromatic heterocycles. The first-order valence-electron chi connectivity index (χ1n) is 6.03. The number of amides is 1. The van der Waals surface area contributed by atoms with Crippen LogP contribution in [0.3, 0.4) is 0 Å². The predicted molar refractivity (Wildman–Crippen MR) is 63.9 cm³/mol. The molecule has 17 heavy (non-hydrogen) atoms. The van der Waals surface area contributed by atoms with Gasteiger partial charge in [0.2, 0.25) is 5.91 Å². The predicted octanol–water partition coefficient (Wildman–Crippen LogP) is 0.540. The Morgan fingerprint density at radius 3 is 2.88 bits per heavy atom. The van der Waals surface area contributed by atoms with Gasteiger partial charge in [0.15, 0.2) is 5.84 Å². The van der Waals surface area contributed by atoms with Crippen LogP contribution in [-0.2, 0) is 9.53 Å². The minimum atomic E-state index is -0.00833. The topological polar surface area (TPSA) is 88.1 Å². The number of rotatable bonds is 5. The summed E-state index contributed by atoms with van der Waals surface area (Å²) in [7, 11) is 0. The van der Waals surface area contributed by atoms with Gasteiger partial charge in [0, 0.05) is 13.2 Å². The van der Waals surface area contributed by atoms with Gasteiger partial charge in [0.05, 0.1) is 19.1 Å². The largest absolute Gasteiger partial charge is 0.409 e.